The fraction of sp³-hybridized carbons (Fsp3) is 0.625. The molecule has 0 saturated heterocycles. The Balaban J connectivity index is 2.53. The lowest BCUT2D eigenvalue weighted by Crippen LogP contribution is -2.30. The van der Waals surface area contributed by atoms with Crippen molar-refractivity contribution in [2.24, 2.45) is 17.1 Å². The number of benzene rings is 1. The van der Waals surface area contributed by atoms with Crippen LogP contribution in [0.4, 0.5) is 0 Å². The van der Waals surface area contributed by atoms with Crippen molar-refractivity contribution in [3.05, 3.63) is 35.4 Å². The molecule has 96 valence electrons. The van der Waals surface area contributed by atoms with Crippen molar-refractivity contribution in [1.29, 1.82) is 0 Å². The van der Waals surface area contributed by atoms with Gasteiger partial charge in [-0.05, 0) is 36.7 Å². The second-order valence-electron chi connectivity index (χ2n) is 6.46. The van der Waals surface area contributed by atoms with Gasteiger partial charge in [0.1, 0.15) is 0 Å². The van der Waals surface area contributed by atoms with Crippen molar-refractivity contribution < 1.29 is 0 Å². The minimum Gasteiger partial charge on any atom is -0.327 e. The number of hydrogen-bond acceptors (Lipinski definition) is 1. The van der Waals surface area contributed by atoms with E-state index < -0.39 is 0 Å². The molecule has 0 aliphatic carbocycles. The van der Waals surface area contributed by atoms with Crippen molar-refractivity contribution in [2.45, 2.75) is 53.5 Å². The maximum atomic E-state index is 6.25. The Bertz CT molecular complexity index is 349. The summed E-state index contributed by atoms with van der Waals surface area (Å²) in [5, 5.41) is 0. The van der Waals surface area contributed by atoms with Crippen LogP contribution in [0.25, 0.3) is 0 Å². The number of aryl methyl sites for hydroxylation is 1. The zero-order valence-corrected chi connectivity index (χ0v) is 12.0. The summed E-state index contributed by atoms with van der Waals surface area (Å²) in [5.74, 6) is 0.655. The SMILES string of the molecule is Cc1cccc(CC(N)CC(C)C(C)(C)C)c1. The largest absolute Gasteiger partial charge is 0.327 e. The lowest BCUT2D eigenvalue weighted by Gasteiger charge is -2.29. The Kier molecular flexibility index (Phi) is 4.76. The van der Waals surface area contributed by atoms with Gasteiger partial charge in [-0.1, -0.05) is 57.5 Å². The standard InChI is InChI=1S/C16H27N/c1-12-7-6-8-14(9-12)11-15(17)10-13(2)16(3,4)5/h6-9,13,15H,10-11,17H2,1-5H3. The van der Waals surface area contributed by atoms with Crippen molar-refractivity contribution in [3.63, 3.8) is 0 Å². The minimum atomic E-state index is 0.269. The van der Waals surface area contributed by atoms with Crippen LogP contribution in [0.15, 0.2) is 24.3 Å². The molecule has 0 aliphatic heterocycles. The second kappa shape index (κ2) is 5.68. The van der Waals surface area contributed by atoms with E-state index in [4.69, 9.17) is 5.73 Å². The lowest BCUT2D eigenvalue weighted by atomic mass is 9.78. The normalized spacial score (nSPS) is 15.6. The monoisotopic (exact) mass is 233 g/mol. The highest BCUT2D eigenvalue weighted by atomic mass is 14.6. The molecule has 17 heavy (non-hydrogen) atoms. The van der Waals surface area contributed by atoms with Crippen LogP contribution in [-0.4, -0.2) is 6.04 Å². The van der Waals surface area contributed by atoms with E-state index in [2.05, 4.69) is 58.9 Å². The van der Waals surface area contributed by atoms with Gasteiger partial charge >= 0.3 is 0 Å². The molecule has 0 aromatic heterocycles. The van der Waals surface area contributed by atoms with Crippen LogP contribution in [0.3, 0.4) is 0 Å². The molecule has 2 atom stereocenters. The lowest BCUT2D eigenvalue weighted by molar-refractivity contribution is 0.233. The van der Waals surface area contributed by atoms with Crippen molar-refractivity contribution in [2.75, 3.05) is 0 Å². The van der Waals surface area contributed by atoms with Crippen LogP contribution in [0.5, 0.6) is 0 Å². The van der Waals surface area contributed by atoms with E-state index in [1.807, 2.05) is 0 Å². The molecule has 2 N–H and O–H groups in total. The number of hydrogen-bond donors (Lipinski definition) is 1. The molecule has 0 heterocycles. The van der Waals surface area contributed by atoms with E-state index in [0.717, 1.165) is 12.8 Å². The summed E-state index contributed by atoms with van der Waals surface area (Å²) in [7, 11) is 0. The van der Waals surface area contributed by atoms with Crippen LogP contribution >= 0.6 is 0 Å². The zero-order valence-electron chi connectivity index (χ0n) is 12.0. The zero-order chi connectivity index (χ0) is 13.1. The van der Waals surface area contributed by atoms with E-state index in [0.29, 0.717) is 11.3 Å². The summed E-state index contributed by atoms with van der Waals surface area (Å²) in [6.07, 6.45) is 2.08. The molecule has 1 nitrogen and oxygen atoms in total. The molecule has 0 aliphatic rings. The molecule has 0 bridgehead atoms. The molecule has 2 unspecified atom stereocenters. The molecular weight excluding hydrogens is 206 g/mol. The van der Waals surface area contributed by atoms with E-state index in [9.17, 15) is 0 Å². The van der Waals surface area contributed by atoms with Crippen LogP contribution in [0.1, 0.15) is 45.2 Å². The van der Waals surface area contributed by atoms with Gasteiger partial charge in [-0.3, -0.25) is 0 Å². The summed E-state index contributed by atoms with van der Waals surface area (Å²) in [6.45, 7) is 11.3. The molecule has 1 aromatic carbocycles. The van der Waals surface area contributed by atoms with Crippen LogP contribution in [0.2, 0.25) is 0 Å². The quantitative estimate of drug-likeness (QED) is 0.837. The van der Waals surface area contributed by atoms with Crippen LogP contribution in [-0.2, 0) is 6.42 Å². The second-order valence-corrected chi connectivity index (χ2v) is 6.46. The first-order valence-corrected chi connectivity index (χ1v) is 6.60. The highest BCUT2D eigenvalue weighted by Crippen LogP contribution is 2.29. The van der Waals surface area contributed by atoms with E-state index >= 15 is 0 Å². The van der Waals surface area contributed by atoms with Crippen LogP contribution < -0.4 is 5.73 Å². The van der Waals surface area contributed by atoms with Crippen molar-refractivity contribution in [1.82, 2.24) is 0 Å². The average molecular weight is 233 g/mol. The molecule has 0 radical (unpaired) electrons. The van der Waals surface area contributed by atoms with Gasteiger partial charge in [0, 0.05) is 6.04 Å². The summed E-state index contributed by atoms with van der Waals surface area (Å²) < 4.78 is 0. The van der Waals surface area contributed by atoms with E-state index in [1.165, 1.54) is 11.1 Å². The van der Waals surface area contributed by atoms with Gasteiger partial charge in [-0.2, -0.15) is 0 Å². The molecular formula is C16H27N. The van der Waals surface area contributed by atoms with Gasteiger partial charge in [0.05, 0.1) is 0 Å². The predicted molar refractivity (Wildman–Crippen MR) is 76.1 cm³/mol. The Hall–Kier alpha value is -0.820. The Morgan fingerprint density at radius 3 is 2.41 bits per heavy atom. The summed E-state index contributed by atoms with van der Waals surface area (Å²) >= 11 is 0. The van der Waals surface area contributed by atoms with Gasteiger partial charge in [0.25, 0.3) is 0 Å². The maximum absolute atomic E-state index is 6.25. The highest BCUT2D eigenvalue weighted by molar-refractivity contribution is 5.22. The van der Waals surface area contributed by atoms with Crippen molar-refractivity contribution in [3.8, 4) is 0 Å². The van der Waals surface area contributed by atoms with E-state index in [1.54, 1.807) is 0 Å². The minimum absolute atomic E-state index is 0.269. The molecule has 0 amide bonds. The molecule has 1 heteroatoms. The number of rotatable bonds is 4. The fourth-order valence-corrected chi connectivity index (χ4v) is 2.03. The third-order valence-electron chi connectivity index (χ3n) is 3.72. The topological polar surface area (TPSA) is 26.0 Å². The first-order valence-electron chi connectivity index (χ1n) is 6.60. The first-order chi connectivity index (χ1) is 7.79. The molecule has 1 rings (SSSR count). The molecule has 0 spiro atoms. The summed E-state index contributed by atoms with van der Waals surface area (Å²) in [4.78, 5) is 0. The van der Waals surface area contributed by atoms with E-state index in [-0.39, 0.29) is 6.04 Å². The van der Waals surface area contributed by atoms with Gasteiger partial charge in [0.15, 0.2) is 0 Å². The summed E-state index contributed by atoms with van der Waals surface area (Å²) in [6, 6.07) is 8.93. The highest BCUT2D eigenvalue weighted by Gasteiger charge is 2.22. The van der Waals surface area contributed by atoms with Crippen LogP contribution in [0, 0.1) is 18.3 Å². The maximum Gasteiger partial charge on any atom is 0.00820 e. The Morgan fingerprint density at radius 1 is 1.24 bits per heavy atom. The molecule has 0 saturated carbocycles. The first kappa shape index (κ1) is 14.2. The third-order valence-corrected chi connectivity index (χ3v) is 3.72. The van der Waals surface area contributed by atoms with Gasteiger partial charge in [-0.25, -0.2) is 0 Å². The summed E-state index contributed by atoms with van der Waals surface area (Å²) in [5.41, 5.74) is 9.28. The van der Waals surface area contributed by atoms with Gasteiger partial charge in [-0.15, -0.1) is 0 Å². The number of nitrogens with two attached hydrogens (primary N) is 1. The third kappa shape index (κ3) is 4.91. The average Bonchev–Trinajstić information content (AvgIpc) is 2.15. The van der Waals surface area contributed by atoms with Gasteiger partial charge < -0.3 is 5.73 Å². The predicted octanol–water partition coefficient (Wildman–Crippen LogP) is 3.94. The van der Waals surface area contributed by atoms with Crippen molar-refractivity contribution >= 4 is 0 Å². The smallest absolute Gasteiger partial charge is 0.00820 e. The van der Waals surface area contributed by atoms with Gasteiger partial charge in [0.2, 0.25) is 0 Å². The molecule has 0 fully saturated rings. The molecule has 1 aromatic rings. The Morgan fingerprint density at radius 2 is 1.88 bits per heavy atom. The Labute approximate surface area is 106 Å². The fourth-order valence-electron chi connectivity index (χ4n) is 2.03.